The molecule has 4 aromatic carbocycles. The Labute approximate surface area is 257 Å². The zero-order valence-corrected chi connectivity index (χ0v) is 25.1. The molecule has 0 fully saturated rings. The number of nitrogens with zero attached hydrogens (tertiary/aromatic N) is 1. The van der Waals surface area contributed by atoms with E-state index in [2.05, 4.69) is 5.32 Å². The zero-order chi connectivity index (χ0) is 31.3. The highest BCUT2D eigenvalue weighted by atomic mass is 16.5. The molecule has 0 unspecified atom stereocenters. The van der Waals surface area contributed by atoms with Gasteiger partial charge in [-0.1, -0.05) is 72.8 Å². The number of hydrogen-bond donors (Lipinski definition) is 1. The molecule has 44 heavy (non-hydrogen) atoms. The van der Waals surface area contributed by atoms with Crippen LogP contribution in [0.25, 0.3) is 0 Å². The SMILES string of the molecule is CC=CC(=O)N(CCOc1ccc(C[C@H](Nc2ccccc2C(=O)c2ccccc2)C(=O)OC)cc1)c1ccccc1OC. The van der Waals surface area contributed by atoms with E-state index in [1.807, 2.05) is 66.7 Å². The molecule has 0 bridgehead atoms. The third-order valence-corrected chi connectivity index (χ3v) is 6.92. The molecule has 8 nitrogen and oxygen atoms in total. The summed E-state index contributed by atoms with van der Waals surface area (Å²) in [6.45, 7) is 2.35. The van der Waals surface area contributed by atoms with Gasteiger partial charge in [-0.15, -0.1) is 0 Å². The average Bonchev–Trinajstić information content (AvgIpc) is 3.07. The van der Waals surface area contributed by atoms with Crippen LogP contribution in [0.2, 0.25) is 0 Å². The summed E-state index contributed by atoms with van der Waals surface area (Å²) in [6, 6.07) is 30.1. The standard InChI is InChI=1S/C36H36N2O6/c1-4-12-34(39)38(32-17-10-11-18-33(32)42-2)23-24-44-28-21-19-26(20-22-28)25-31(36(41)43-3)37-30-16-9-8-15-29(30)35(40)27-13-6-5-7-14-27/h4-22,31,37H,23-25H2,1-3H3/t31-/m0/s1. The van der Waals surface area contributed by atoms with Gasteiger partial charge >= 0.3 is 5.97 Å². The summed E-state index contributed by atoms with van der Waals surface area (Å²) in [5.74, 6) is 0.443. The van der Waals surface area contributed by atoms with Crippen LogP contribution in [0.4, 0.5) is 11.4 Å². The number of ether oxygens (including phenoxy) is 3. The van der Waals surface area contributed by atoms with Crippen LogP contribution >= 0.6 is 0 Å². The molecule has 0 saturated heterocycles. The highest BCUT2D eigenvalue weighted by Gasteiger charge is 2.23. The van der Waals surface area contributed by atoms with E-state index in [1.54, 1.807) is 61.4 Å². The van der Waals surface area contributed by atoms with Crippen LogP contribution in [0, 0.1) is 0 Å². The van der Waals surface area contributed by atoms with Crippen molar-refractivity contribution in [2.75, 3.05) is 37.6 Å². The fraction of sp³-hybridized carbons (Fsp3) is 0.194. The first-order valence-corrected chi connectivity index (χ1v) is 14.3. The number of esters is 1. The molecule has 1 amide bonds. The molecule has 0 aromatic heterocycles. The van der Waals surface area contributed by atoms with Crippen molar-refractivity contribution in [3.63, 3.8) is 0 Å². The van der Waals surface area contributed by atoms with Crippen LogP contribution < -0.4 is 19.7 Å². The molecule has 226 valence electrons. The van der Waals surface area contributed by atoms with Gasteiger partial charge in [0, 0.05) is 23.2 Å². The number of hydrogen-bond acceptors (Lipinski definition) is 7. The number of nitrogens with one attached hydrogen (secondary N) is 1. The second kappa shape index (κ2) is 15.7. The lowest BCUT2D eigenvalue weighted by Gasteiger charge is -2.23. The van der Waals surface area contributed by atoms with Crippen molar-refractivity contribution in [1.29, 1.82) is 0 Å². The predicted octanol–water partition coefficient (Wildman–Crippen LogP) is 6.11. The number of para-hydroxylation sites is 3. The van der Waals surface area contributed by atoms with E-state index in [0.717, 1.165) is 5.56 Å². The number of anilines is 2. The summed E-state index contributed by atoms with van der Waals surface area (Å²) in [5.41, 5.74) is 3.09. The van der Waals surface area contributed by atoms with Crippen molar-refractivity contribution in [2.45, 2.75) is 19.4 Å². The van der Waals surface area contributed by atoms with Crippen LogP contribution in [0.1, 0.15) is 28.4 Å². The van der Waals surface area contributed by atoms with Gasteiger partial charge in [-0.25, -0.2) is 4.79 Å². The first kappa shape index (κ1) is 31.6. The van der Waals surface area contributed by atoms with Crippen LogP contribution in [-0.2, 0) is 20.7 Å². The van der Waals surface area contributed by atoms with E-state index in [1.165, 1.54) is 13.2 Å². The second-order valence-electron chi connectivity index (χ2n) is 9.82. The predicted molar refractivity (Wildman–Crippen MR) is 172 cm³/mol. The summed E-state index contributed by atoms with van der Waals surface area (Å²) in [6.07, 6.45) is 3.52. The lowest BCUT2D eigenvalue weighted by atomic mass is 10.00. The Kier molecular flexibility index (Phi) is 11.3. The first-order valence-electron chi connectivity index (χ1n) is 14.3. The third-order valence-electron chi connectivity index (χ3n) is 6.92. The average molecular weight is 593 g/mol. The molecule has 0 radical (unpaired) electrons. The Bertz CT molecular complexity index is 1580. The fourth-order valence-electron chi connectivity index (χ4n) is 4.72. The lowest BCUT2D eigenvalue weighted by molar-refractivity contribution is -0.141. The van der Waals surface area contributed by atoms with Gasteiger partial charge in [0.2, 0.25) is 0 Å². The van der Waals surface area contributed by atoms with Crippen molar-refractivity contribution >= 4 is 29.0 Å². The number of carbonyl (C=O) groups is 3. The number of rotatable bonds is 14. The van der Waals surface area contributed by atoms with Crippen molar-refractivity contribution in [2.24, 2.45) is 0 Å². The largest absolute Gasteiger partial charge is 0.495 e. The molecule has 4 aromatic rings. The number of methoxy groups -OCH3 is 2. The number of allylic oxidation sites excluding steroid dienone is 1. The third kappa shape index (κ3) is 8.13. The van der Waals surface area contributed by atoms with Gasteiger partial charge in [-0.05, 0) is 55.0 Å². The molecular weight excluding hydrogens is 556 g/mol. The van der Waals surface area contributed by atoms with Crippen molar-refractivity contribution in [3.8, 4) is 11.5 Å². The maximum absolute atomic E-state index is 13.2. The molecule has 0 aliphatic heterocycles. The van der Waals surface area contributed by atoms with Crippen LogP contribution in [0.15, 0.2) is 115 Å². The Balaban J connectivity index is 1.43. The molecule has 1 N–H and O–H groups in total. The molecule has 8 heteroatoms. The fourth-order valence-corrected chi connectivity index (χ4v) is 4.72. The summed E-state index contributed by atoms with van der Waals surface area (Å²) < 4.78 is 16.5. The van der Waals surface area contributed by atoms with E-state index >= 15 is 0 Å². The lowest BCUT2D eigenvalue weighted by Crippen LogP contribution is -2.33. The molecule has 1 atom stereocenters. The van der Waals surface area contributed by atoms with Crippen LogP contribution in [-0.4, -0.2) is 51.1 Å². The summed E-state index contributed by atoms with van der Waals surface area (Å²) in [7, 11) is 2.91. The smallest absolute Gasteiger partial charge is 0.328 e. The maximum Gasteiger partial charge on any atom is 0.328 e. The zero-order valence-electron chi connectivity index (χ0n) is 25.1. The first-order chi connectivity index (χ1) is 21.4. The number of ketones is 1. The van der Waals surface area contributed by atoms with Crippen molar-refractivity contribution < 1.29 is 28.6 Å². The van der Waals surface area contributed by atoms with Crippen molar-refractivity contribution in [1.82, 2.24) is 0 Å². The summed E-state index contributed by atoms with van der Waals surface area (Å²) in [4.78, 5) is 40.4. The number of carbonyl (C=O) groups excluding carboxylic acids is 3. The van der Waals surface area contributed by atoms with Crippen molar-refractivity contribution in [3.05, 3.63) is 132 Å². The topological polar surface area (TPSA) is 94.2 Å². The van der Waals surface area contributed by atoms with E-state index in [9.17, 15) is 14.4 Å². The number of benzene rings is 4. The Morgan fingerprint density at radius 2 is 1.52 bits per heavy atom. The number of amides is 1. The normalized spacial score (nSPS) is 11.4. The van der Waals surface area contributed by atoms with E-state index in [4.69, 9.17) is 14.2 Å². The summed E-state index contributed by atoms with van der Waals surface area (Å²) >= 11 is 0. The quantitative estimate of drug-likeness (QED) is 0.107. The van der Waals surface area contributed by atoms with Gasteiger partial charge in [0.1, 0.15) is 24.1 Å². The van der Waals surface area contributed by atoms with E-state index in [-0.39, 0.29) is 18.3 Å². The molecular formula is C36H36N2O6. The monoisotopic (exact) mass is 592 g/mol. The molecule has 0 aliphatic carbocycles. The second-order valence-corrected chi connectivity index (χ2v) is 9.82. The van der Waals surface area contributed by atoms with Gasteiger partial charge in [-0.3, -0.25) is 9.59 Å². The molecule has 0 heterocycles. The minimum atomic E-state index is -0.733. The minimum Gasteiger partial charge on any atom is -0.495 e. The van der Waals surface area contributed by atoms with Gasteiger partial charge in [0.25, 0.3) is 5.91 Å². The summed E-state index contributed by atoms with van der Waals surface area (Å²) in [5, 5.41) is 3.22. The molecule has 4 rings (SSSR count). The van der Waals surface area contributed by atoms with E-state index < -0.39 is 12.0 Å². The molecule has 0 aliphatic rings. The van der Waals surface area contributed by atoms with Gasteiger partial charge in [0.05, 0.1) is 26.5 Å². The highest BCUT2D eigenvalue weighted by molar-refractivity contribution is 6.12. The minimum absolute atomic E-state index is 0.143. The maximum atomic E-state index is 13.2. The Morgan fingerprint density at radius 1 is 0.841 bits per heavy atom. The van der Waals surface area contributed by atoms with Gasteiger partial charge in [0.15, 0.2) is 5.78 Å². The van der Waals surface area contributed by atoms with Gasteiger partial charge < -0.3 is 24.4 Å². The molecule has 0 saturated carbocycles. The Hall–Kier alpha value is -5.37. The Morgan fingerprint density at radius 3 is 2.23 bits per heavy atom. The highest BCUT2D eigenvalue weighted by Crippen LogP contribution is 2.28. The van der Waals surface area contributed by atoms with Crippen LogP contribution in [0.5, 0.6) is 11.5 Å². The van der Waals surface area contributed by atoms with E-state index in [0.29, 0.717) is 47.0 Å². The van der Waals surface area contributed by atoms with Gasteiger partial charge in [-0.2, -0.15) is 0 Å². The van der Waals surface area contributed by atoms with Crippen LogP contribution in [0.3, 0.4) is 0 Å². The molecule has 0 spiro atoms.